The third-order valence-corrected chi connectivity index (χ3v) is 4.77. The molecule has 2 atom stereocenters. The average molecular weight is 207 g/mol. The summed E-state index contributed by atoms with van der Waals surface area (Å²) in [7, 11) is -2.96. The van der Waals surface area contributed by atoms with Crippen molar-refractivity contribution >= 4 is 7.75 Å². The van der Waals surface area contributed by atoms with Gasteiger partial charge in [-0.25, -0.2) is 4.57 Å². The first-order chi connectivity index (χ1) is 6.06. The quantitative estimate of drug-likeness (QED) is 0.512. The molecule has 78 valence electrons. The summed E-state index contributed by atoms with van der Waals surface area (Å²) in [5, 5.41) is 0. The van der Waals surface area contributed by atoms with Gasteiger partial charge in [0.2, 0.25) is 0 Å². The first kappa shape index (κ1) is 11.2. The zero-order valence-corrected chi connectivity index (χ0v) is 9.58. The van der Waals surface area contributed by atoms with Crippen LogP contribution in [0.5, 0.6) is 0 Å². The van der Waals surface area contributed by atoms with Crippen LogP contribution in [0.25, 0.3) is 0 Å². The number of hydrogen-bond donors (Lipinski definition) is 0. The summed E-state index contributed by atoms with van der Waals surface area (Å²) in [5.74, 6) is 0. The molecule has 0 saturated carbocycles. The first-order valence-electron chi connectivity index (χ1n) is 4.74. The Kier molecular flexibility index (Phi) is 3.52. The molecule has 1 saturated heterocycles. The Morgan fingerprint density at radius 2 is 1.54 bits per heavy atom. The minimum atomic E-state index is -2.96. The fourth-order valence-corrected chi connectivity index (χ4v) is 3.64. The Bertz CT molecular complexity index is 203. The van der Waals surface area contributed by atoms with Gasteiger partial charge >= 0.3 is 7.75 Å². The second kappa shape index (κ2) is 4.09. The third kappa shape index (κ3) is 2.13. The van der Waals surface area contributed by atoms with Crippen molar-refractivity contribution in [1.82, 2.24) is 4.67 Å². The molecule has 0 bridgehead atoms. The molecule has 1 aliphatic heterocycles. The summed E-state index contributed by atoms with van der Waals surface area (Å²) >= 11 is 0. The molecule has 4 nitrogen and oxygen atoms in total. The maximum absolute atomic E-state index is 12.1. The highest BCUT2D eigenvalue weighted by Gasteiger charge is 2.53. The van der Waals surface area contributed by atoms with E-state index in [4.69, 9.17) is 9.05 Å². The minimum absolute atomic E-state index is 0.309. The Morgan fingerprint density at radius 1 is 1.15 bits per heavy atom. The lowest BCUT2D eigenvalue weighted by atomic mass is 10.4. The van der Waals surface area contributed by atoms with Crippen LogP contribution >= 0.6 is 7.75 Å². The van der Waals surface area contributed by atoms with Gasteiger partial charge < -0.3 is 0 Å². The maximum atomic E-state index is 12.1. The van der Waals surface area contributed by atoms with Gasteiger partial charge in [-0.1, -0.05) is 0 Å². The maximum Gasteiger partial charge on any atom is 0.408 e. The van der Waals surface area contributed by atoms with Gasteiger partial charge in [-0.2, -0.15) is 4.67 Å². The molecule has 5 heteroatoms. The second-order valence-corrected chi connectivity index (χ2v) is 5.08. The highest BCUT2D eigenvalue weighted by Crippen LogP contribution is 2.61. The molecule has 2 unspecified atom stereocenters. The van der Waals surface area contributed by atoms with E-state index in [0.717, 1.165) is 0 Å². The van der Waals surface area contributed by atoms with Crippen molar-refractivity contribution in [3.05, 3.63) is 0 Å². The number of nitrogens with zero attached hydrogens (tertiary/aromatic N) is 1. The third-order valence-electron chi connectivity index (χ3n) is 2.31. The van der Waals surface area contributed by atoms with Crippen LogP contribution in [-0.2, 0) is 13.6 Å². The summed E-state index contributed by atoms with van der Waals surface area (Å²) in [6.45, 7) is 8.54. The lowest BCUT2D eigenvalue weighted by Crippen LogP contribution is -2.06. The zero-order valence-electron chi connectivity index (χ0n) is 8.69. The van der Waals surface area contributed by atoms with Gasteiger partial charge in [-0.15, -0.1) is 0 Å². The van der Waals surface area contributed by atoms with E-state index in [1.54, 1.807) is 4.67 Å². The molecule has 0 amide bonds. The standard InChI is InChI=1S/C8H18NO3P/c1-5-11-13(10,12-6-2)9-7(3)8(9)4/h7-8H,5-6H2,1-4H3. The van der Waals surface area contributed by atoms with Crippen LogP contribution in [0.4, 0.5) is 0 Å². The number of rotatable bonds is 5. The molecule has 1 fully saturated rings. The Balaban J connectivity index is 2.63. The molecule has 0 radical (unpaired) electrons. The molecular formula is C8H18NO3P. The molecule has 1 heterocycles. The largest absolute Gasteiger partial charge is 0.408 e. The molecule has 0 aliphatic carbocycles. The smallest absolute Gasteiger partial charge is 0.297 e. The van der Waals surface area contributed by atoms with Crippen LogP contribution < -0.4 is 0 Å². The van der Waals surface area contributed by atoms with Crippen LogP contribution in [0.3, 0.4) is 0 Å². The van der Waals surface area contributed by atoms with E-state index >= 15 is 0 Å². The zero-order chi connectivity index (χ0) is 10.1. The molecule has 13 heavy (non-hydrogen) atoms. The lowest BCUT2D eigenvalue weighted by molar-refractivity contribution is 0.193. The first-order valence-corrected chi connectivity index (χ1v) is 6.24. The fourth-order valence-electron chi connectivity index (χ4n) is 1.43. The Labute approximate surface area is 79.8 Å². The summed E-state index contributed by atoms with van der Waals surface area (Å²) in [6.07, 6.45) is 0. The van der Waals surface area contributed by atoms with Crippen LogP contribution in [0.1, 0.15) is 27.7 Å². The van der Waals surface area contributed by atoms with Crippen LogP contribution in [-0.4, -0.2) is 30.0 Å². The monoisotopic (exact) mass is 207 g/mol. The molecule has 0 aromatic rings. The highest BCUT2D eigenvalue weighted by molar-refractivity contribution is 7.51. The summed E-state index contributed by atoms with van der Waals surface area (Å²) in [5.41, 5.74) is 0. The molecule has 0 aromatic heterocycles. The predicted octanol–water partition coefficient (Wildman–Crippen LogP) is 2.26. The van der Waals surface area contributed by atoms with Crippen molar-refractivity contribution in [3.63, 3.8) is 0 Å². The molecule has 0 spiro atoms. The van der Waals surface area contributed by atoms with E-state index in [2.05, 4.69) is 0 Å². The second-order valence-electron chi connectivity index (χ2n) is 3.17. The Morgan fingerprint density at radius 3 is 1.77 bits per heavy atom. The topological polar surface area (TPSA) is 38.5 Å². The predicted molar refractivity (Wildman–Crippen MR) is 51.6 cm³/mol. The van der Waals surface area contributed by atoms with E-state index in [1.807, 2.05) is 27.7 Å². The van der Waals surface area contributed by atoms with Gasteiger partial charge in [0.1, 0.15) is 0 Å². The van der Waals surface area contributed by atoms with Crippen LogP contribution in [0, 0.1) is 0 Å². The van der Waals surface area contributed by atoms with Gasteiger partial charge in [0.15, 0.2) is 0 Å². The SMILES string of the molecule is CCOP(=O)(OCC)N1C(C)C1C. The summed E-state index contributed by atoms with van der Waals surface area (Å²) in [4.78, 5) is 0. The van der Waals surface area contributed by atoms with Gasteiger partial charge in [-0.05, 0) is 27.7 Å². The summed E-state index contributed by atoms with van der Waals surface area (Å²) < 4.78 is 24.3. The molecule has 0 N–H and O–H groups in total. The average Bonchev–Trinajstić information content (AvgIpc) is 2.61. The lowest BCUT2D eigenvalue weighted by Gasteiger charge is -2.17. The van der Waals surface area contributed by atoms with Gasteiger partial charge in [0.25, 0.3) is 0 Å². The fraction of sp³-hybridized carbons (Fsp3) is 1.00. The van der Waals surface area contributed by atoms with E-state index in [0.29, 0.717) is 25.3 Å². The van der Waals surface area contributed by atoms with Gasteiger partial charge in [0.05, 0.1) is 13.2 Å². The van der Waals surface area contributed by atoms with Crippen molar-refractivity contribution in [1.29, 1.82) is 0 Å². The van der Waals surface area contributed by atoms with Crippen molar-refractivity contribution in [2.75, 3.05) is 13.2 Å². The highest BCUT2D eigenvalue weighted by atomic mass is 31.2. The normalized spacial score (nSPS) is 33.4. The molecule has 1 aliphatic rings. The van der Waals surface area contributed by atoms with E-state index < -0.39 is 7.75 Å². The van der Waals surface area contributed by atoms with Gasteiger partial charge in [0, 0.05) is 12.1 Å². The van der Waals surface area contributed by atoms with Crippen LogP contribution in [0.2, 0.25) is 0 Å². The minimum Gasteiger partial charge on any atom is -0.297 e. The van der Waals surface area contributed by atoms with Crippen LogP contribution in [0.15, 0.2) is 0 Å². The van der Waals surface area contributed by atoms with E-state index in [-0.39, 0.29) is 0 Å². The molecule has 1 rings (SSSR count). The van der Waals surface area contributed by atoms with E-state index in [9.17, 15) is 4.57 Å². The number of hydrogen-bond acceptors (Lipinski definition) is 3. The molecule has 0 aromatic carbocycles. The van der Waals surface area contributed by atoms with Crippen molar-refractivity contribution < 1.29 is 13.6 Å². The van der Waals surface area contributed by atoms with Crippen molar-refractivity contribution in [2.45, 2.75) is 39.8 Å². The Hall–Kier alpha value is 0.110. The van der Waals surface area contributed by atoms with Crippen molar-refractivity contribution in [3.8, 4) is 0 Å². The van der Waals surface area contributed by atoms with Crippen molar-refractivity contribution in [2.24, 2.45) is 0 Å². The van der Waals surface area contributed by atoms with E-state index in [1.165, 1.54) is 0 Å². The molecular weight excluding hydrogens is 189 g/mol. The summed E-state index contributed by atoms with van der Waals surface area (Å²) in [6, 6.07) is 0.618. The van der Waals surface area contributed by atoms with Gasteiger partial charge in [-0.3, -0.25) is 9.05 Å².